The standard InChI is InChI=1S/C16H20ClN3/c1-10-15(17)14(20(3)19-10)9-12-8-11-6-4-5-7-13(11)16(12)18-2/h4-7,12,16,18H,8-9H2,1-3H3. The smallest absolute Gasteiger partial charge is 0.0847 e. The fourth-order valence-electron chi connectivity index (χ4n) is 3.41. The summed E-state index contributed by atoms with van der Waals surface area (Å²) >= 11 is 6.39. The number of aryl methyl sites for hydroxylation is 2. The van der Waals surface area contributed by atoms with E-state index in [1.54, 1.807) is 0 Å². The van der Waals surface area contributed by atoms with Gasteiger partial charge in [-0.05, 0) is 43.9 Å². The zero-order valence-corrected chi connectivity index (χ0v) is 12.9. The Morgan fingerprint density at radius 1 is 1.40 bits per heavy atom. The lowest BCUT2D eigenvalue weighted by Gasteiger charge is -2.20. The molecule has 1 aromatic heterocycles. The SMILES string of the molecule is CNC1c2ccccc2CC1Cc1c(Cl)c(C)nn1C. The second-order valence-electron chi connectivity index (χ2n) is 5.60. The van der Waals surface area contributed by atoms with Gasteiger partial charge in [0.2, 0.25) is 0 Å². The van der Waals surface area contributed by atoms with Crippen molar-refractivity contribution in [2.75, 3.05) is 7.05 Å². The van der Waals surface area contributed by atoms with Crippen molar-refractivity contribution in [2.24, 2.45) is 13.0 Å². The lowest BCUT2D eigenvalue weighted by atomic mass is 9.95. The minimum absolute atomic E-state index is 0.400. The molecule has 4 heteroatoms. The van der Waals surface area contributed by atoms with Crippen molar-refractivity contribution >= 4 is 11.6 Å². The van der Waals surface area contributed by atoms with Gasteiger partial charge >= 0.3 is 0 Å². The van der Waals surface area contributed by atoms with Crippen LogP contribution in [0.4, 0.5) is 0 Å². The number of fused-ring (bicyclic) bond motifs is 1. The Bertz CT molecular complexity index is 633. The predicted octanol–water partition coefficient (Wildman–Crippen LogP) is 3.06. The molecule has 0 aliphatic heterocycles. The summed E-state index contributed by atoms with van der Waals surface area (Å²) in [4.78, 5) is 0. The summed E-state index contributed by atoms with van der Waals surface area (Å²) in [5, 5.41) is 8.70. The number of nitrogens with zero attached hydrogens (tertiary/aromatic N) is 2. The zero-order valence-electron chi connectivity index (χ0n) is 12.2. The van der Waals surface area contributed by atoms with Crippen LogP contribution in [0.5, 0.6) is 0 Å². The second kappa shape index (κ2) is 5.23. The fourth-order valence-corrected chi connectivity index (χ4v) is 3.65. The summed E-state index contributed by atoms with van der Waals surface area (Å²) in [6.07, 6.45) is 2.05. The number of aromatic nitrogens is 2. The average Bonchev–Trinajstić information content (AvgIpc) is 2.91. The highest BCUT2D eigenvalue weighted by atomic mass is 35.5. The van der Waals surface area contributed by atoms with Crippen molar-refractivity contribution in [3.63, 3.8) is 0 Å². The van der Waals surface area contributed by atoms with Gasteiger partial charge in [0.05, 0.1) is 16.4 Å². The van der Waals surface area contributed by atoms with Crippen molar-refractivity contribution in [1.82, 2.24) is 15.1 Å². The molecule has 0 fully saturated rings. The third kappa shape index (κ3) is 2.15. The quantitative estimate of drug-likeness (QED) is 0.941. The molecule has 106 valence electrons. The molecule has 3 rings (SSSR count). The van der Waals surface area contributed by atoms with Gasteiger partial charge in [-0.25, -0.2) is 0 Å². The monoisotopic (exact) mass is 289 g/mol. The number of rotatable bonds is 3. The van der Waals surface area contributed by atoms with Crippen molar-refractivity contribution in [2.45, 2.75) is 25.8 Å². The summed E-state index contributed by atoms with van der Waals surface area (Å²) in [6.45, 7) is 1.96. The Labute approximate surface area is 124 Å². The largest absolute Gasteiger partial charge is 0.313 e. The van der Waals surface area contributed by atoms with Crippen LogP contribution in [0.15, 0.2) is 24.3 Å². The molecule has 0 radical (unpaired) electrons. The van der Waals surface area contributed by atoms with Gasteiger partial charge in [0.1, 0.15) is 0 Å². The van der Waals surface area contributed by atoms with Crippen LogP contribution in [0.2, 0.25) is 5.02 Å². The molecule has 1 heterocycles. The normalized spacial score (nSPS) is 21.2. The van der Waals surface area contributed by atoms with E-state index in [0.29, 0.717) is 12.0 Å². The Morgan fingerprint density at radius 2 is 2.15 bits per heavy atom. The van der Waals surface area contributed by atoms with E-state index in [1.807, 2.05) is 25.7 Å². The van der Waals surface area contributed by atoms with E-state index in [2.05, 4.69) is 34.7 Å². The first-order valence-corrected chi connectivity index (χ1v) is 7.42. The van der Waals surface area contributed by atoms with Crippen LogP contribution >= 0.6 is 11.6 Å². The summed E-state index contributed by atoms with van der Waals surface area (Å²) < 4.78 is 1.92. The van der Waals surface area contributed by atoms with Gasteiger partial charge in [0.25, 0.3) is 0 Å². The van der Waals surface area contributed by atoms with E-state index in [0.717, 1.165) is 29.3 Å². The molecule has 1 N–H and O–H groups in total. The minimum atomic E-state index is 0.400. The molecule has 3 nitrogen and oxygen atoms in total. The van der Waals surface area contributed by atoms with Crippen LogP contribution < -0.4 is 5.32 Å². The molecule has 0 amide bonds. The van der Waals surface area contributed by atoms with E-state index in [4.69, 9.17) is 11.6 Å². The van der Waals surface area contributed by atoms with E-state index in [9.17, 15) is 0 Å². The molecular formula is C16H20ClN3. The highest BCUT2D eigenvalue weighted by Gasteiger charge is 2.32. The van der Waals surface area contributed by atoms with Gasteiger partial charge in [-0.3, -0.25) is 4.68 Å². The number of benzene rings is 1. The first kappa shape index (κ1) is 13.7. The molecular weight excluding hydrogens is 270 g/mol. The Kier molecular flexibility index (Phi) is 3.57. The molecule has 0 saturated heterocycles. The van der Waals surface area contributed by atoms with Crippen molar-refractivity contribution in [3.8, 4) is 0 Å². The maximum absolute atomic E-state index is 6.39. The summed E-state index contributed by atoms with van der Waals surface area (Å²) in [5.74, 6) is 0.532. The molecule has 1 aromatic carbocycles. The molecule has 2 aromatic rings. The van der Waals surface area contributed by atoms with E-state index in [1.165, 1.54) is 11.1 Å². The molecule has 0 saturated carbocycles. The lowest BCUT2D eigenvalue weighted by Crippen LogP contribution is -2.24. The van der Waals surface area contributed by atoms with Crippen molar-refractivity contribution in [1.29, 1.82) is 0 Å². The highest BCUT2D eigenvalue weighted by Crippen LogP contribution is 2.38. The number of nitrogens with one attached hydrogen (secondary N) is 1. The van der Waals surface area contributed by atoms with Crippen LogP contribution in [-0.2, 0) is 19.9 Å². The Hall–Kier alpha value is -1.32. The van der Waals surface area contributed by atoms with Crippen LogP contribution in [-0.4, -0.2) is 16.8 Å². The maximum Gasteiger partial charge on any atom is 0.0847 e. The molecule has 1 aliphatic rings. The number of halogens is 1. The first-order valence-electron chi connectivity index (χ1n) is 7.05. The number of hydrogen-bond acceptors (Lipinski definition) is 2. The fraction of sp³-hybridized carbons (Fsp3) is 0.438. The van der Waals surface area contributed by atoms with Gasteiger partial charge in [-0.15, -0.1) is 0 Å². The summed E-state index contributed by atoms with van der Waals surface area (Å²) in [7, 11) is 4.01. The van der Waals surface area contributed by atoms with Crippen LogP contribution in [0.3, 0.4) is 0 Å². The zero-order chi connectivity index (χ0) is 14.3. The van der Waals surface area contributed by atoms with Gasteiger partial charge < -0.3 is 5.32 Å². The van der Waals surface area contributed by atoms with Crippen LogP contribution in [0.1, 0.15) is 28.6 Å². The molecule has 1 aliphatic carbocycles. The Morgan fingerprint density at radius 3 is 2.80 bits per heavy atom. The van der Waals surface area contributed by atoms with Gasteiger partial charge in [-0.2, -0.15) is 5.10 Å². The maximum atomic E-state index is 6.39. The highest BCUT2D eigenvalue weighted by molar-refractivity contribution is 6.31. The van der Waals surface area contributed by atoms with E-state index < -0.39 is 0 Å². The topological polar surface area (TPSA) is 29.9 Å². The number of hydrogen-bond donors (Lipinski definition) is 1. The Balaban J connectivity index is 1.89. The minimum Gasteiger partial charge on any atom is -0.313 e. The lowest BCUT2D eigenvalue weighted by molar-refractivity contribution is 0.401. The van der Waals surface area contributed by atoms with Gasteiger partial charge in [-0.1, -0.05) is 35.9 Å². The first-order chi connectivity index (χ1) is 9.61. The molecule has 20 heavy (non-hydrogen) atoms. The van der Waals surface area contributed by atoms with E-state index >= 15 is 0 Å². The average molecular weight is 290 g/mol. The van der Waals surface area contributed by atoms with Gasteiger partial charge in [0, 0.05) is 13.1 Å². The molecule has 0 bridgehead atoms. The van der Waals surface area contributed by atoms with Crippen LogP contribution in [0, 0.1) is 12.8 Å². The van der Waals surface area contributed by atoms with Crippen molar-refractivity contribution < 1.29 is 0 Å². The third-order valence-corrected chi connectivity index (χ3v) is 4.86. The molecule has 0 spiro atoms. The molecule has 2 unspecified atom stereocenters. The second-order valence-corrected chi connectivity index (χ2v) is 5.98. The van der Waals surface area contributed by atoms with Gasteiger partial charge in [0.15, 0.2) is 0 Å². The van der Waals surface area contributed by atoms with Crippen LogP contribution in [0.25, 0.3) is 0 Å². The van der Waals surface area contributed by atoms with Crippen molar-refractivity contribution in [3.05, 3.63) is 51.8 Å². The van der Waals surface area contributed by atoms with E-state index in [-0.39, 0.29) is 0 Å². The predicted molar refractivity (Wildman–Crippen MR) is 82.1 cm³/mol. The molecule has 2 atom stereocenters. The third-order valence-electron chi connectivity index (χ3n) is 4.37. The summed E-state index contributed by atoms with van der Waals surface area (Å²) in [6, 6.07) is 9.10. The summed E-state index contributed by atoms with van der Waals surface area (Å²) in [5.41, 5.74) is 4.93.